The molecular formula is C18H15IO3. The topological polar surface area (TPSA) is 39.4 Å². The first-order valence-electron chi connectivity index (χ1n) is 6.94. The van der Waals surface area contributed by atoms with Gasteiger partial charge >= 0.3 is 0 Å². The molecule has 0 bridgehead atoms. The van der Waals surface area contributed by atoms with Gasteiger partial charge < -0.3 is 9.15 Å². The van der Waals surface area contributed by atoms with Gasteiger partial charge in [0.05, 0.1) is 10.7 Å². The lowest BCUT2D eigenvalue weighted by atomic mass is 10.0. The second kappa shape index (κ2) is 6.12. The van der Waals surface area contributed by atoms with Crippen molar-refractivity contribution in [2.75, 3.05) is 7.11 Å². The summed E-state index contributed by atoms with van der Waals surface area (Å²) in [4.78, 5) is 12.3. The maximum atomic E-state index is 12.3. The summed E-state index contributed by atoms with van der Waals surface area (Å²) in [6.45, 7) is 1.78. The first-order chi connectivity index (χ1) is 10.6. The Labute approximate surface area is 142 Å². The van der Waals surface area contributed by atoms with Crippen LogP contribution in [-0.4, -0.2) is 7.11 Å². The van der Waals surface area contributed by atoms with Gasteiger partial charge in [-0.25, -0.2) is 0 Å². The van der Waals surface area contributed by atoms with Crippen LogP contribution in [0.5, 0.6) is 5.75 Å². The molecular weight excluding hydrogens is 391 g/mol. The normalized spacial score (nSPS) is 10.9. The Morgan fingerprint density at radius 1 is 1.18 bits per heavy atom. The van der Waals surface area contributed by atoms with E-state index in [4.69, 9.17) is 9.15 Å². The Balaban J connectivity index is 2.24. The van der Waals surface area contributed by atoms with Crippen molar-refractivity contribution in [2.24, 2.45) is 0 Å². The minimum atomic E-state index is -0.0697. The zero-order chi connectivity index (χ0) is 15.7. The molecule has 0 atom stereocenters. The molecule has 0 aliphatic heterocycles. The second-order valence-corrected chi connectivity index (χ2v) is 6.22. The van der Waals surface area contributed by atoms with Gasteiger partial charge in [0.25, 0.3) is 0 Å². The summed E-state index contributed by atoms with van der Waals surface area (Å²) in [6, 6.07) is 13.6. The largest absolute Gasteiger partial charge is 0.496 e. The molecule has 0 saturated heterocycles. The molecule has 0 aliphatic rings. The van der Waals surface area contributed by atoms with E-state index in [1.807, 2.05) is 24.3 Å². The van der Waals surface area contributed by atoms with Crippen molar-refractivity contribution in [3.63, 3.8) is 0 Å². The third-order valence-corrected chi connectivity index (χ3v) is 4.74. The fourth-order valence-corrected chi connectivity index (χ4v) is 3.27. The Morgan fingerprint density at radius 2 is 1.91 bits per heavy atom. The van der Waals surface area contributed by atoms with Crippen LogP contribution in [0.15, 0.2) is 51.7 Å². The van der Waals surface area contributed by atoms with Crippen LogP contribution >= 0.6 is 22.6 Å². The molecule has 22 heavy (non-hydrogen) atoms. The molecule has 0 radical (unpaired) electrons. The summed E-state index contributed by atoms with van der Waals surface area (Å²) in [5, 5.41) is 0.509. The molecule has 1 heterocycles. The predicted octanol–water partition coefficient (Wildman–Crippen LogP) is 4.31. The van der Waals surface area contributed by atoms with Gasteiger partial charge in [0.1, 0.15) is 16.9 Å². The van der Waals surface area contributed by atoms with E-state index in [0.717, 1.165) is 15.6 Å². The molecule has 0 fully saturated rings. The van der Waals surface area contributed by atoms with Gasteiger partial charge in [0.15, 0.2) is 11.0 Å². The number of ether oxygens (including phenoxy) is 1. The van der Waals surface area contributed by atoms with Gasteiger partial charge in [-0.15, -0.1) is 0 Å². The number of hydrogen-bond donors (Lipinski definition) is 0. The van der Waals surface area contributed by atoms with Crippen molar-refractivity contribution in [2.45, 2.75) is 13.3 Å². The molecule has 3 nitrogen and oxygen atoms in total. The number of fused-ring (bicyclic) bond motifs is 1. The minimum absolute atomic E-state index is 0.0697. The molecule has 3 rings (SSSR count). The highest BCUT2D eigenvalue weighted by Gasteiger charge is 2.16. The SMILES string of the molecule is COc1cc(Cc2ccccc2)c(I)c2oc(C)cc(=O)c12. The van der Waals surface area contributed by atoms with Crippen molar-refractivity contribution >= 4 is 33.6 Å². The molecule has 0 saturated carbocycles. The average molecular weight is 406 g/mol. The second-order valence-electron chi connectivity index (χ2n) is 5.14. The summed E-state index contributed by atoms with van der Waals surface area (Å²) >= 11 is 2.24. The van der Waals surface area contributed by atoms with Gasteiger partial charge in [-0.1, -0.05) is 30.3 Å². The molecule has 4 heteroatoms. The van der Waals surface area contributed by atoms with Gasteiger partial charge in [0, 0.05) is 6.07 Å². The van der Waals surface area contributed by atoms with Crippen LogP contribution in [0.25, 0.3) is 11.0 Å². The van der Waals surface area contributed by atoms with E-state index in [9.17, 15) is 4.79 Å². The maximum Gasteiger partial charge on any atom is 0.196 e. The fourth-order valence-electron chi connectivity index (χ4n) is 2.54. The van der Waals surface area contributed by atoms with Gasteiger partial charge in [0.2, 0.25) is 0 Å². The highest BCUT2D eigenvalue weighted by Crippen LogP contribution is 2.32. The van der Waals surface area contributed by atoms with Crippen molar-refractivity contribution in [1.82, 2.24) is 0 Å². The van der Waals surface area contributed by atoms with E-state index >= 15 is 0 Å². The number of hydrogen-bond acceptors (Lipinski definition) is 3. The highest BCUT2D eigenvalue weighted by atomic mass is 127. The molecule has 0 spiro atoms. The molecule has 0 N–H and O–H groups in total. The highest BCUT2D eigenvalue weighted by molar-refractivity contribution is 14.1. The fraction of sp³-hybridized carbons (Fsp3) is 0.167. The molecule has 1 aromatic heterocycles. The van der Waals surface area contributed by atoms with Crippen LogP contribution in [0, 0.1) is 10.5 Å². The van der Waals surface area contributed by atoms with Crippen LogP contribution in [0.2, 0.25) is 0 Å². The smallest absolute Gasteiger partial charge is 0.196 e. The summed E-state index contributed by atoms with van der Waals surface area (Å²) < 4.78 is 12.2. The first kappa shape index (κ1) is 15.1. The van der Waals surface area contributed by atoms with Crippen LogP contribution in [0.1, 0.15) is 16.9 Å². The summed E-state index contributed by atoms with van der Waals surface area (Å²) in [6.07, 6.45) is 0.767. The first-order valence-corrected chi connectivity index (χ1v) is 8.01. The van der Waals surface area contributed by atoms with Crippen molar-refractivity contribution in [1.29, 1.82) is 0 Å². The van der Waals surface area contributed by atoms with Crippen LogP contribution in [-0.2, 0) is 6.42 Å². The van der Waals surface area contributed by atoms with Crippen LogP contribution in [0.4, 0.5) is 0 Å². The molecule has 3 aromatic rings. The Hall–Kier alpha value is -1.82. The summed E-state index contributed by atoms with van der Waals surface area (Å²) in [5.41, 5.74) is 2.83. The lowest BCUT2D eigenvalue weighted by Crippen LogP contribution is -2.06. The van der Waals surface area contributed by atoms with E-state index in [1.165, 1.54) is 11.6 Å². The lowest BCUT2D eigenvalue weighted by molar-refractivity contribution is 0.418. The lowest BCUT2D eigenvalue weighted by Gasteiger charge is -2.12. The molecule has 2 aromatic carbocycles. The zero-order valence-electron chi connectivity index (χ0n) is 12.4. The number of benzene rings is 2. The summed E-state index contributed by atoms with van der Waals surface area (Å²) in [5.74, 6) is 1.17. The summed E-state index contributed by atoms with van der Waals surface area (Å²) in [7, 11) is 1.58. The third kappa shape index (κ3) is 2.75. The van der Waals surface area contributed by atoms with Gasteiger partial charge in [-0.2, -0.15) is 0 Å². The number of aryl methyl sites for hydroxylation is 1. The van der Waals surface area contributed by atoms with Gasteiger partial charge in [-0.3, -0.25) is 4.79 Å². The number of methoxy groups -OCH3 is 1. The quantitative estimate of drug-likeness (QED) is 0.609. The van der Waals surface area contributed by atoms with Crippen molar-refractivity contribution < 1.29 is 9.15 Å². The molecule has 0 unspecified atom stereocenters. The Kier molecular flexibility index (Phi) is 4.20. The predicted molar refractivity (Wildman–Crippen MR) is 95.7 cm³/mol. The number of rotatable bonds is 3. The maximum absolute atomic E-state index is 12.3. The zero-order valence-corrected chi connectivity index (χ0v) is 14.5. The van der Waals surface area contributed by atoms with E-state index in [2.05, 4.69) is 34.7 Å². The Morgan fingerprint density at radius 3 is 2.59 bits per heavy atom. The molecule has 112 valence electrons. The molecule has 0 aliphatic carbocycles. The van der Waals surface area contributed by atoms with E-state index < -0.39 is 0 Å². The van der Waals surface area contributed by atoms with E-state index in [0.29, 0.717) is 22.5 Å². The standard InChI is InChI=1S/C18H15IO3/c1-11-8-14(20)16-15(21-2)10-13(17(19)18(16)22-11)9-12-6-4-3-5-7-12/h3-8,10H,9H2,1-2H3. The van der Waals surface area contributed by atoms with Gasteiger partial charge in [-0.05, 0) is 53.1 Å². The van der Waals surface area contributed by atoms with Crippen LogP contribution in [0.3, 0.4) is 0 Å². The monoisotopic (exact) mass is 406 g/mol. The number of halogens is 1. The average Bonchev–Trinajstić information content (AvgIpc) is 2.51. The molecule has 0 amide bonds. The van der Waals surface area contributed by atoms with Crippen LogP contribution < -0.4 is 10.2 Å². The third-order valence-electron chi connectivity index (χ3n) is 3.56. The van der Waals surface area contributed by atoms with E-state index in [1.54, 1.807) is 14.0 Å². The van der Waals surface area contributed by atoms with Crippen molar-refractivity contribution in [3.05, 3.63) is 73.1 Å². The minimum Gasteiger partial charge on any atom is -0.496 e. The Bertz CT molecular complexity index is 882. The van der Waals surface area contributed by atoms with E-state index in [-0.39, 0.29) is 5.43 Å². The van der Waals surface area contributed by atoms with Crippen molar-refractivity contribution in [3.8, 4) is 5.75 Å².